The molecule has 0 unspecified atom stereocenters. The molecule has 136 valence electrons. The number of anilines is 1. The highest BCUT2D eigenvalue weighted by atomic mass is 16.2. The van der Waals surface area contributed by atoms with Crippen molar-refractivity contribution in [2.45, 2.75) is 0 Å². The van der Waals surface area contributed by atoms with Crippen molar-refractivity contribution >= 4 is 35.2 Å². The molecule has 1 aliphatic heterocycles. The van der Waals surface area contributed by atoms with Crippen molar-refractivity contribution in [2.75, 3.05) is 18.9 Å². The Morgan fingerprint density at radius 3 is 2.04 bits per heavy atom. The Kier molecular flexibility index (Phi) is 4.80. The van der Waals surface area contributed by atoms with Crippen LogP contribution in [0.25, 0.3) is 0 Å². The van der Waals surface area contributed by atoms with E-state index >= 15 is 0 Å². The van der Waals surface area contributed by atoms with E-state index in [4.69, 9.17) is 0 Å². The normalized spacial score (nSPS) is 13.9. The minimum Gasteiger partial charge on any atom is -0.322 e. The lowest BCUT2D eigenvalue weighted by Gasteiger charge is -2.12. The number of nitrogens with one attached hydrogen (secondary N) is 1. The third-order valence-corrected chi connectivity index (χ3v) is 4.05. The van der Waals surface area contributed by atoms with Gasteiger partial charge in [-0.15, -0.1) is 0 Å². The van der Waals surface area contributed by atoms with E-state index in [1.54, 1.807) is 42.5 Å². The first-order valence-electron chi connectivity index (χ1n) is 8.01. The van der Waals surface area contributed by atoms with Gasteiger partial charge in [-0.1, -0.05) is 18.2 Å². The maximum atomic E-state index is 12.3. The first kappa shape index (κ1) is 18.0. The van der Waals surface area contributed by atoms with Crippen molar-refractivity contribution in [3.63, 3.8) is 0 Å². The lowest BCUT2D eigenvalue weighted by atomic mass is 10.1. The number of carbonyl (C=O) groups excluding carboxylic acids is 5. The Bertz CT molecular complexity index is 938. The van der Waals surface area contributed by atoms with Gasteiger partial charge in [-0.3, -0.25) is 24.1 Å². The Balaban J connectivity index is 1.66. The first-order valence-corrected chi connectivity index (χ1v) is 8.01. The second-order valence-corrected chi connectivity index (χ2v) is 5.86. The van der Waals surface area contributed by atoms with Gasteiger partial charge in [-0.05, 0) is 36.4 Å². The average Bonchev–Trinajstić information content (AvgIpc) is 2.87. The number of hydrogen-bond acceptors (Lipinski definition) is 5. The van der Waals surface area contributed by atoms with Crippen LogP contribution in [-0.2, 0) is 9.59 Å². The standard InChI is InChI=1S/C19H15N3O5/c1-21-17(25)18(26)22(19(21)27)11-15(23)12-7-9-14(10-8-12)20-16(24)13-5-3-2-4-6-13/h2-10H,11H2,1H3,(H,20,24). The van der Waals surface area contributed by atoms with Gasteiger partial charge in [0.05, 0.1) is 6.54 Å². The summed E-state index contributed by atoms with van der Waals surface area (Å²) < 4.78 is 0. The van der Waals surface area contributed by atoms with Gasteiger partial charge in [0, 0.05) is 23.9 Å². The summed E-state index contributed by atoms with van der Waals surface area (Å²) in [6, 6.07) is 13.9. The minimum atomic E-state index is -1.03. The van der Waals surface area contributed by atoms with Crippen molar-refractivity contribution in [1.29, 1.82) is 0 Å². The van der Waals surface area contributed by atoms with Gasteiger partial charge in [0.25, 0.3) is 5.91 Å². The van der Waals surface area contributed by atoms with Crippen LogP contribution in [0.2, 0.25) is 0 Å². The van der Waals surface area contributed by atoms with Crippen molar-refractivity contribution in [1.82, 2.24) is 9.80 Å². The molecule has 1 fully saturated rings. The molecular weight excluding hydrogens is 350 g/mol. The van der Waals surface area contributed by atoms with E-state index in [9.17, 15) is 24.0 Å². The van der Waals surface area contributed by atoms with Crippen LogP contribution in [-0.4, -0.2) is 52.9 Å². The highest BCUT2D eigenvalue weighted by Gasteiger charge is 2.42. The highest BCUT2D eigenvalue weighted by Crippen LogP contribution is 2.15. The number of likely N-dealkylation sites (N-methyl/N-ethyl adjacent to an activating group) is 1. The van der Waals surface area contributed by atoms with E-state index in [2.05, 4.69) is 5.32 Å². The number of nitrogens with zero attached hydrogens (tertiary/aromatic N) is 2. The maximum absolute atomic E-state index is 12.3. The molecule has 1 aliphatic rings. The Labute approximate surface area is 154 Å². The van der Waals surface area contributed by atoms with E-state index in [0.717, 1.165) is 0 Å². The predicted molar refractivity (Wildman–Crippen MR) is 95.0 cm³/mol. The topological polar surface area (TPSA) is 104 Å². The van der Waals surface area contributed by atoms with E-state index in [1.165, 1.54) is 19.2 Å². The summed E-state index contributed by atoms with van der Waals surface area (Å²) >= 11 is 0. The zero-order valence-corrected chi connectivity index (χ0v) is 14.3. The fourth-order valence-corrected chi connectivity index (χ4v) is 2.52. The van der Waals surface area contributed by atoms with Gasteiger partial charge in [0.15, 0.2) is 5.78 Å². The zero-order valence-electron chi connectivity index (χ0n) is 14.3. The second kappa shape index (κ2) is 7.20. The molecule has 2 aromatic rings. The van der Waals surface area contributed by atoms with Gasteiger partial charge in [0.1, 0.15) is 0 Å². The summed E-state index contributed by atoms with van der Waals surface area (Å²) in [5.41, 5.74) is 1.23. The minimum absolute atomic E-state index is 0.246. The van der Waals surface area contributed by atoms with E-state index in [1.807, 2.05) is 0 Å². The summed E-state index contributed by atoms with van der Waals surface area (Å²) in [7, 11) is 1.18. The summed E-state index contributed by atoms with van der Waals surface area (Å²) in [6.45, 7) is -0.524. The largest absolute Gasteiger partial charge is 0.334 e. The molecular formula is C19H15N3O5. The Morgan fingerprint density at radius 2 is 1.48 bits per heavy atom. The number of ketones is 1. The fourth-order valence-electron chi connectivity index (χ4n) is 2.52. The van der Waals surface area contributed by atoms with Crippen LogP contribution in [0.15, 0.2) is 54.6 Å². The zero-order chi connectivity index (χ0) is 19.6. The molecule has 27 heavy (non-hydrogen) atoms. The van der Waals surface area contributed by atoms with Crippen LogP contribution in [0.4, 0.5) is 10.5 Å². The summed E-state index contributed by atoms with van der Waals surface area (Å²) in [6.07, 6.45) is 0. The molecule has 1 N–H and O–H groups in total. The third kappa shape index (κ3) is 3.59. The summed E-state index contributed by atoms with van der Waals surface area (Å²) in [5, 5.41) is 2.70. The quantitative estimate of drug-likeness (QED) is 0.492. The van der Waals surface area contributed by atoms with Crippen molar-refractivity contribution in [3.05, 3.63) is 65.7 Å². The number of amides is 5. The summed E-state index contributed by atoms with van der Waals surface area (Å²) in [5.74, 6) is -2.78. The molecule has 3 rings (SSSR count). The molecule has 0 aromatic heterocycles. The molecule has 5 amide bonds. The van der Waals surface area contributed by atoms with Crippen LogP contribution in [0.1, 0.15) is 20.7 Å². The molecule has 0 saturated carbocycles. The van der Waals surface area contributed by atoms with Gasteiger partial charge in [0.2, 0.25) is 0 Å². The number of hydrogen-bond donors (Lipinski definition) is 1. The smallest absolute Gasteiger partial charge is 0.322 e. The van der Waals surface area contributed by atoms with Crippen LogP contribution < -0.4 is 5.32 Å². The van der Waals surface area contributed by atoms with Gasteiger partial charge in [-0.2, -0.15) is 0 Å². The lowest BCUT2D eigenvalue weighted by molar-refractivity contribution is -0.142. The third-order valence-electron chi connectivity index (χ3n) is 4.05. The van der Waals surface area contributed by atoms with Gasteiger partial charge < -0.3 is 5.32 Å². The van der Waals surface area contributed by atoms with Crippen LogP contribution >= 0.6 is 0 Å². The van der Waals surface area contributed by atoms with Crippen molar-refractivity contribution in [3.8, 4) is 0 Å². The van der Waals surface area contributed by atoms with Crippen molar-refractivity contribution < 1.29 is 24.0 Å². The van der Waals surface area contributed by atoms with Crippen LogP contribution in [0.5, 0.6) is 0 Å². The van der Waals surface area contributed by atoms with E-state index < -0.39 is 30.2 Å². The average molecular weight is 365 g/mol. The molecule has 0 bridgehead atoms. The SMILES string of the molecule is CN1C(=O)C(=O)N(CC(=O)c2ccc(NC(=O)c3ccccc3)cc2)C1=O. The van der Waals surface area contributed by atoms with E-state index in [-0.39, 0.29) is 11.5 Å². The number of benzene rings is 2. The monoisotopic (exact) mass is 365 g/mol. The fraction of sp³-hybridized carbons (Fsp3) is 0.105. The highest BCUT2D eigenvalue weighted by molar-refractivity contribution is 6.45. The predicted octanol–water partition coefficient (Wildman–Crippen LogP) is 1.54. The summed E-state index contributed by atoms with van der Waals surface area (Å²) in [4.78, 5) is 60.7. The molecule has 0 radical (unpaired) electrons. The molecule has 0 aliphatic carbocycles. The number of imide groups is 2. The molecule has 0 atom stereocenters. The molecule has 1 heterocycles. The Morgan fingerprint density at radius 1 is 0.852 bits per heavy atom. The second-order valence-electron chi connectivity index (χ2n) is 5.86. The maximum Gasteiger partial charge on any atom is 0.334 e. The van der Waals surface area contributed by atoms with Crippen LogP contribution in [0, 0.1) is 0 Å². The van der Waals surface area contributed by atoms with E-state index in [0.29, 0.717) is 21.1 Å². The van der Waals surface area contributed by atoms with Gasteiger partial charge >= 0.3 is 17.8 Å². The van der Waals surface area contributed by atoms with Crippen LogP contribution in [0.3, 0.4) is 0 Å². The van der Waals surface area contributed by atoms with Crippen molar-refractivity contribution in [2.24, 2.45) is 0 Å². The first-order chi connectivity index (χ1) is 12.9. The number of Topliss-reactive ketones (excluding diaryl/α,β-unsaturated/α-hetero) is 1. The number of urea groups is 1. The molecule has 8 heteroatoms. The molecule has 0 spiro atoms. The lowest BCUT2D eigenvalue weighted by Crippen LogP contribution is -2.36. The molecule has 2 aromatic carbocycles. The Hall–Kier alpha value is -3.81. The number of carbonyl (C=O) groups is 5. The van der Waals surface area contributed by atoms with Gasteiger partial charge in [-0.25, -0.2) is 9.69 Å². The molecule has 1 saturated heterocycles. The number of rotatable bonds is 5. The molecule has 8 nitrogen and oxygen atoms in total.